The Morgan fingerprint density at radius 2 is 1.87 bits per heavy atom. The SMILES string of the molecule is CNC(=O)C1CCCCN1c1ccc(Nc2ncc(C(N)=O)c(NC(C)(C)C)n2)cc1. The van der Waals surface area contributed by atoms with Crippen LogP contribution in [0.2, 0.25) is 0 Å². The molecule has 1 aliphatic rings. The van der Waals surface area contributed by atoms with Crippen LogP contribution in [-0.4, -0.2) is 47.0 Å². The third kappa shape index (κ3) is 5.62. The van der Waals surface area contributed by atoms with Gasteiger partial charge in [0.05, 0.1) is 5.56 Å². The van der Waals surface area contributed by atoms with Crippen molar-refractivity contribution in [1.29, 1.82) is 0 Å². The van der Waals surface area contributed by atoms with Crippen LogP contribution in [0.1, 0.15) is 50.4 Å². The first-order chi connectivity index (χ1) is 14.7. The molecule has 1 fully saturated rings. The molecule has 166 valence electrons. The van der Waals surface area contributed by atoms with Crippen molar-refractivity contribution in [1.82, 2.24) is 15.3 Å². The molecule has 0 spiro atoms. The van der Waals surface area contributed by atoms with E-state index in [0.717, 1.165) is 37.2 Å². The van der Waals surface area contributed by atoms with Crippen LogP contribution < -0.4 is 26.6 Å². The monoisotopic (exact) mass is 425 g/mol. The summed E-state index contributed by atoms with van der Waals surface area (Å²) in [4.78, 5) is 34.8. The summed E-state index contributed by atoms with van der Waals surface area (Å²) >= 11 is 0. The molecule has 31 heavy (non-hydrogen) atoms. The molecule has 1 aliphatic heterocycles. The van der Waals surface area contributed by atoms with Crippen LogP contribution in [0.3, 0.4) is 0 Å². The van der Waals surface area contributed by atoms with Gasteiger partial charge >= 0.3 is 0 Å². The number of nitrogens with one attached hydrogen (secondary N) is 3. The van der Waals surface area contributed by atoms with Crippen molar-refractivity contribution in [3.8, 4) is 0 Å². The molecule has 2 amide bonds. The first-order valence-electron chi connectivity index (χ1n) is 10.5. The molecule has 1 aromatic heterocycles. The summed E-state index contributed by atoms with van der Waals surface area (Å²) in [6.45, 7) is 6.76. The molecule has 5 N–H and O–H groups in total. The summed E-state index contributed by atoms with van der Waals surface area (Å²) in [7, 11) is 1.68. The van der Waals surface area contributed by atoms with Gasteiger partial charge in [0.2, 0.25) is 11.9 Å². The highest BCUT2D eigenvalue weighted by Gasteiger charge is 2.28. The quantitative estimate of drug-likeness (QED) is 0.560. The molecule has 3 rings (SSSR count). The maximum atomic E-state index is 12.2. The van der Waals surface area contributed by atoms with Crippen LogP contribution in [0, 0.1) is 0 Å². The molecular formula is C22H31N7O2. The van der Waals surface area contributed by atoms with E-state index >= 15 is 0 Å². The van der Waals surface area contributed by atoms with Gasteiger partial charge in [-0.05, 0) is 64.3 Å². The number of hydrogen-bond acceptors (Lipinski definition) is 7. The van der Waals surface area contributed by atoms with Gasteiger partial charge in [0.1, 0.15) is 11.9 Å². The Morgan fingerprint density at radius 3 is 2.48 bits per heavy atom. The van der Waals surface area contributed by atoms with Gasteiger partial charge in [-0.25, -0.2) is 4.98 Å². The minimum Gasteiger partial charge on any atom is -0.365 e. The number of anilines is 4. The molecule has 0 saturated carbocycles. The van der Waals surface area contributed by atoms with Crippen molar-refractivity contribution >= 4 is 35.0 Å². The summed E-state index contributed by atoms with van der Waals surface area (Å²) in [6.07, 6.45) is 4.39. The van der Waals surface area contributed by atoms with E-state index in [9.17, 15) is 9.59 Å². The Labute approximate surface area is 182 Å². The molecule has 1 saturated heterocycles. The third-order valence-corrected chi connectivity index (χ3v) is 5.05. The van der Waals surface area contributed by atoms with Crippen LogP contribution in [-0.2, 0) is 4.79 Å². The Balaban J connectivity index is 1.78. The second-order valence-corrected chi connectivity index (χ2v) is 8.69. The van der Waals surface area contributed by atoms with Crippen molar-refractivity contribution in [3.05, 3.63) is 36.0 Å². The Morgan fingerprint density at radius 1 is 1.16 bits per heavy atom. The number of hydrogen-bond donors (Lipinski definition) is 4. The molecule has 1 aromatic carbocycles. The maximum absolute atomic E-state index is 12.2. The van der Waals surface area contributed by atoms with Gasteiger partial charge in [-0.3, -0.25) is 9.59 Å². The predicted molar refractivity (Wildman–Crippen MR) is 123 cm³/mol. The summed E-state index contributed by atoms with van der Waals surface area (Å²) in [5, 5.41) is 9.12. The lowest BCUT2D eigenvalue weighted by molar-refractivity contribution is -0.122. The lowest BCUT2D eigenvalue weighted by atomic mass is 10.0. The van der Waals surface area contributed by atoms with Crippen LogP contribution in [0.25, 0.3) is 0 Å². The van der Waals surface area contributed by atoms with Gasteiger partial charge < -0.3 is 26.6 Å². The number of nitrogens with zero attached hydrogens (tertiary/aromatic N) is 3. The second kappa shape index (κ2) is 9.20. The first-order valence-corrected chi connectivity index (χ1v) is 10.5. The number of piperidine rings is 1. The highest BCUT2D eigenvalue weighted by Crippen LogP contribution is 2.27. The number of likely N-dealkylation sites (N-methyl/N-ethyl adjacent to an activating group) is 1. The number of rotatable bonds is 6. The fourth-order valence-electron chi connectivity index (χ4n) is 3.62. The van der Waals surface area contributed by atoms with E-state index < -0.39 is 5.91 Å². The Hall–Kier alpha value is -3.36. The molecular weight excluding hydrogens is 394 g/mol. The van der Waals surface area contributed by atoms with E-state index in [2.05, 4.69) is 30.8 Å². The number of primary amides is 1. The van der Waals surface area contributed by atoms with Gasteiger partial charge in [0.25, 0.3) is 5.91 Å². The number of aromatic nitrogens is 2. The van der Waals surface area contributed by atoms with Crippen molar-refractivity contribution in [2.45, 2.75) is 51.6 Å². The zero-order chi connectivity index (χ0) is 22.6. The minimum absolute atomic E-state index is 0.0451. The number of nitrogens with two attached hydrogens (primary N) is 1. The average Bonchev–Trinajstić information content (AvgIpc) is 2.72. The van der Waals surface area contributed by atoms with Crippen LogP contribution in [0.5, 0.6) is 0 Å². The van der Waals surface area contributed by atoms with Crippen molar-refractivity contribution < 1.29 is 9.59 Å². The van der Waals surface area contributed by atoms with Gasteiger partial charge in [-0.2, -0.15) is 4.98 Å². The van der Waals surface area contributed by atoms with E-state index in [1.807, 2.05) is 45.0 Å². The van der Waals surface area contributed by atoms with E-state index in [1.165, 1.54) is 6.20 Å². The first kappa shape index (κ1) is 22.3. The molecule has 9 heteroatoms. The lowest BCUT2D eigenvalue weighted by Crippen LogP contribution is -2.48. The van der Waals surface area contributed by atoms with Gasteiger partial charge in [-0.15, -0.1) is 0 Å². The standard InChI is InChI=1S/C22H31N7O2/c1-22(2,3)28-19-16(18(23)30)13-25-21(27-19)26-14-8-10-15(11-9-14)29-12-6-5-7-17(29)20(31)24-4/h8-11,13,17H,5-7,12H2,1-4H3,(H2,23,30)(H,24,31)(H2,25,26,27,28). The van der Waals surface area contributed by atoms with E-state index in [1.54, 1.807) is 7.05 Å². The number of amides is 2. The topological polar surface area (TPSA) is 125 Å². The third-order valence-electron chi connectivity index (χ3n) is 5.05. The summed E-state index contributed by atoms with van der Waals surface area (Å²) in [6, 6.07) is 7.67. The lowest BCUT2D eigenvalue weighted by Gasteiger charge is -2.36. The molecule has 0 bridgehead atoms. The zero-order valence-corrected chi connectivity index (χ0v) is 18.5. The minimum atomic E-state index is -0.588. The summed E-state index contributed by atoms with van der Waals surface area (Å²) < 4.78 is 0. The fraction of sp³-hybridized carbons (Fsp3) is 0.455. The Kier molecular flexibility index (Phi) is 6.62. The van der Waals surface area contributed by atoms with Crippen molar-refractivity contribution in [2.24, 2.45) is 5.73 Å². The maximum Gasteiger partial charge on any atom is 0.254 e. The fourth-order valence-corrected chi connectivity index (χ4v) is 3.62. The van der Waals surface area contributed by atoms with Crippen LogP contribution in [0.4, 0.5) is 23.1 Å². The van der Waals surface area contributed by atoms with Crippen LogP contribution in [0.15, 0.2) is 30.5 Å². The molecule has 1 atom stereocenters. The van der Waals surface area contributed by atoms with Crippen LogP contribution >= 0.6 is 0 Å². The molecule has 0 aliphatic carbocycles. The van der Waals surface area contributed by atoms with E-state index in [4.69, 9.17) is 5.73 Å². The average molecular weight is 426 g/mol. The summed E-state index contributed by atoms with van der Waals surface area (Å²) in [5.74, 6) is 0.195. The van der Waals surface area contributed by atoms with E-state index in [0.29, 0.717) is 11.8 Å². The molecule has 0 radical (unpaired) electrons. The van der Waals surface area contributed by atoms with Crippen molar-refractivity contribution in [3.63, 3.8) is 0 Å². The predicted octanol–water partition coefficient (Wildman–Crippen LogP) is 2.63. The van der Waals surface area contributed by atoms with Crippen molar-refractivity contribution in [2.75, 3.05) is 29.1 Å². The zero-order valence-electron chi connectivity index (χ0n) is 18.5. The molecule has 1 unspecified atom stereocenters. The number of carbonyl (C=O) groups is 2. The second-order valence-electron chi connectivity index (χ2n) is 8.69. The molecule has 9 nitrogen and oxygen atoms in total. The van der Waals surface area contributed by atoms with Gasteiger partial charge in [0, 0.05) is 36.7 Å². The highest BCUT2D eigenvalue weighted by molar-refractivity contribution is 5.97. The highest BCUT2D eigenvalue weighted by atomic mass is 16.2. The largest absolute Gasteiger partial charge is 0.365 e. The summed E-state index contributed by atoms with van der Waals surface area (Å²) in [5.41, 5.74) is 7.19. The number of benzene rings is 1. The smallest absolute Gasteiger partial charge is 0.254 e. The van der Waals surface area contributed by atoms with Gasteiger partial charge in [0.15, 0.2) is 0 Å². The molecule has 2 heterocycles. The molecule has 2 aromatic rings. The Bertz CT molecular complexity index is 938. The van der Waals surface area contributed by atoms with E-state index in [-0.39, 0.29) is 23.1 Å². The van der Waals surface area contributed by atoms with Gasteiger partial charge in [-0.1, -0.05) is 0 Å². The normalized spacial score (nSPS) is 16.5. The number of carbonyl (C=O) groups excluding carboxylic acids is 2.